The number of carbonyl (C=O) groups is 1. The van der Waals surface area contributed by atoms with E-state index in [1.807, 2.05) is 30.3 Å². The van der Waals surface area contributed by atoms with Crippen LogP contribution in [0, 0.1) is 0 Å². The quantitative estimate of drug-likeness (QED) is 0.743. The van der Waals surface area contributed by atoms with Crippen molar-refractivity contribution in [3.8, 4) is 0 Å². The molecule has 0 saturated carbocycles. The van der Waals surface area contributed by atoms with Gasteiger partial charge in [0, 0.05) is 31.6 Å². The smallest absolute Gasteiger partial charge is 0.251 e. The molecule has 1 fully saturated rings. The number of nitrogens with zero attached hydrogens (tertiary/aromatic N) is 1. The summed E-state index contributed by atoms with van der Waals surface area (Å²) in [6, 6.07) is 15.5. The number of rotatable bonds is 7. The van der Waals surface area contributed by atoms with Gasteiger partial charge in [0.1, 0.15) is 0 Å². The summed E-state index contributed by atoms with van der Waals surface area (Å²) in [5, 5.41) is 12.8. The van der Waals surface area contributed by atoms with Crippen molar-refractivity contribution in [1.82, 2.24) is 9.62 Å². The molecule has 1 atom stereocenters. The lowest BCUT2D eigenvalue weighted by Crippen LogP contribution is -2.35. The van der Waals surface area contributed by atoms with Gasteiger partial charge in [0.25, 0.3) is 5.91 Å². The summed E-state index contributed by atoms with van der Waals surface area (Å²) in [5.74, 6) is -0.339. The topological polar surface area (TPSA) is 86.7 Å². The summed E-state index contributed by atoms with van der Waals surface area (Å²) in [5.41, 5.74) is 1.36. The van der Waals surface area contributed by atoms with E-state index >= 15 is 0 Å². The molecule has 1 aliphatic rings. The van der Waals surface area contributed by atoms with Gasteiger partial charge in [0.15, 0.2) is 0 Å². The van der Waals surface area contributed by atoms with Crippen molar-refractivity contribution in [2.24, 2.45) is 0 Å². The molecule has 28 heavy (non-hydrogen) atoms. The molecule has 6 nitrogen and oxygen atoms in total. The molecule has 0 spiro atoms. The van der Waals surface area contributed by atoms with Crippen LogP contribution >= 0.6 is 0 Å². The van der Waals surface area contributed by atoms with E-state index in [-0.39, 0.29) is 17.3 Å². The fourth-order valence-electron chi connectivity index (χ4n) is 3.30. The standard InChI is InChI=1S/C21H26N2O4S/c24-19(15-17-7-3-1-4-8-17)16-22-21(25)18-9-11-20(12-10-18)28(26,27)23-13-5-2-6-14-23/h1,3-4,7-12,19,24H,2,5-6,13-16H2,(H,22,25). The Bertz CT molecular complexity index is 876. The van der Waals surface area contributed by atoms with Gasteiger partial charge < -0.3 is 10.4 Å². The minimum absolute atomic E-state index is 0.127. The SMILES string of the molecule is O=C(NCC(O)Cc1ccccc1)c1ccc(S(=O)(=O)N2CCCCC2)cc1. The highest BCUT2D eigenvalue weighted by Gasteiger charge is 2.25. The Morgan fingerprint density at radius 2 is 1.64 bits per heavy atom. The van der Waals surface area contributed by atoms with Crippen molar-refractivity contribution in [3.63, 3.8) is 0 Å². The summed E-state index contributed by atoms with van der Waals surface area (Å²) >= 11 is 0. The highest BCUT2D eigenvalue weighted by atomic mass is 32.2. The Balaban J connectivity index is 1.56. The van der Waals surface area contributed by atoms with Gasteiger partial charge in [0.2, 0.25) is 10.0 Å². The van der Waals surface area contributed by atoms with Gasteiger partial charge in [0.05, 0.1) is 11.0 Å². The molecule has 0 aromatic heterocycles. The van der Waals surface area contributed by atoms with Crippen LogP contribution in [0.25, 0.3) is 0 Å². The second kappa shape index (κ2) is 9.32. The number of nitrogens with one attached hydrogen (secondary N) is 1. The number of sulfonamides is 1. The fourth-order valence-corrected chi connectivity index (χ4v) is 4.82. The second-order valence-corrected chi connectivity index (χ2v) is 8.98. The van der Waals surface area contributed by atoms with E-state index < -0.39 is 16.1 Å². The van der Waals surface area contributed by atoms with Gasteiger partial charge in [-0.3, -0.25) is 4.79 Å². The van der Waals surface area contributed by atoms with Crippen molar-refractivity contribution >= 4 is 15.9 Å². The van der Waals surface area contributed by atoms with Crippen LogP contribution in [0.2, 0.25) is 0 Å². The molecular formula is C21H26N2O4S. The van der Waals surface area contributed by atoms with Crippen LogP contribution < -0.4 is 5.32 Å². The van der Waals surface area contributed by atoms with Crippen molar-refractivity contribution in [1.29, 1.82) is 0 Å². The normalized spacial score (nSPS) is 16.5. The minimum atomic E-state index is -3.50. The maximum atomic E-state index is 12.6. The molecule has 0 bridgehead atoms. The van der Waals surface area contributed by atoms with Crippen molar-refractivity contribution in [2.45, 2.75) is 36.7 Å². The summed E-state index contributed by atoms with van der Waals surface area (Å²) in [6.07, 6.45) is 2.58. The van der Waals surface area contributed by atoms with Gasteiger partial charge in [-0.25, -0.2) is 8.42 Å². The summed E-state index contributed by atoms with van der Waals surface area (Å²) in [7, 11) is -3.50. The van der Waals surface area contributed by atoms with Gasteiger partial charge in [-0.2, -0.15) is 4.31 Å². The average molecular weight is 403 g/mol. The Labute approximate surface area is 166 Å². The summed E-state index contributed by atoms with van der Waals surface area (Å²) in [4.78, 5) is 12.5. The molecule has 0 radical (unpaired) electrons. The van der Waals surface area contributed by atoms with E-state index in [1.54, 1.807) is 0 Å². The van der Waals surface area contributed by atoms with Crippen LogP contribution in [-0.2, 0) is 16.4 Å². The Kier molecular flexibility index (Phi) is 6.83. The molecule has 2 N–H and O–H groups in total. The molecule has 1 aliphatic heterocycles. The van der Waals surface area contributed by atoms with Crippen LogP contribution in [0.15, 0.2) is 59.5 Å². The number of aliphatic hydroxyl groups is 1. The third-order valence-electron chi connectivity index (χ3n) is 4.88. The van der Waals surface area contributed by atoms with E-state index in [4.69, 9.17) is 0 Å². The molecule has 1 heterocycles. The van der Waals surface area contributed by atoms with Gasteiger partial charge >= 0.3 is 0 Å². The maximum Gasteiger partial charge on any atom is 0.251 e. The molecule has 1 amide bonds. The predicted molar refractivity (Wildman–Crippen MR) is 108 cm³/mol. The number of carbonyl (C=O) groups excluding carboxylic acids is 1. The zero-order valence-electron chi connectivity index (χ0n) is 15.8. The summed E-state index contributed by atoms with van der Waals surface area (Å²) < 4.78 is 26.8. The first-order chi connectivity index (χ1) is 13.5. The minimum Gasteiger partial charge on any atom is -0.391 e. The van der Waals surface area contributed by atoms with Crippen LogP contribution in [0.1, 0.15) is 35.2 Å². The van der Waals surface area contributed by atoms with E-state index in [2.05, 4.69) is 5.32 Å². The first-order valence-corrected chi connectivity index (χ1v) is 11.0. The highest BCUT2D eigenvalue weighted by Crippen LogP contribution is 2.20. The van der Waals surface area contributed by atoms with Crippen molar-refractivity contribution < 1.29 is 18.3 Å². The molecule has 7 heteroatoms. The van der Waals surface area contributed by atoms with Crippen LogP contribution in [0.5, 0.6) is 0 Å². The van der Waals surface area contributed by atoms with E-state index in [9.17, 15) is 18.3 Å². The number of piperidine rings is 1. The first kappa shape index (κ1) is 20.5. The number of amides is 1. The number of hydrogen-bond acceptors (Lipinski definition) is 4. The molecule has 2 aromatic carbocycles. The van der Waals surface area contributed by atoms with Crippen LogP contribution in [0.3, 0.4) is 0 Å². The fraction of sp³-hybridized carbons (Fsp3) is 0.381. The van der Waals surface area contributed by atoms with Gasteiger partial charge in [-0.15, -0.1) is 0 Å². The zero-order valence-corrected chi connectivity index (χ0v) is 16.6. The van der Waals surface area contributed by atoms with E-state index in [1.165, 1.54) is 28.6 Å². The monoisotopic (exact) mass is 402 g/mol. The highest BCUT2D eigenvalue weighted by molar-refractivity contribution is 7.89. The van der Waals surface area contributed by atoms with E-state index in [0.29, 0.717) is 25.1 Å². The zero-order chi connectivity index (χ0) is 20.0. The van der Waals surface area contributed by atoms with Crippen molar-refractivity contribution in [2.75, 3.05) is 19.6 Å². The Hall–Kier alpha value is -2.22. The van der Waals surface area contributed by atoms with Gasteiger partial charge in [-0.05, 0) is 42.7 Å². The second-order valence-electron chi connectivity index (χ2n) is 7.04. The van der Waals surface area contributed by atoms with Crippen molar-refractivity contribution in [3.05, 3.63) is 65.7 Å². The lowest BCUT2D eigenvalue weighted by molar-refractivity contribution is 0.0916. The third-order valence-corrected chi connectivity index (χ3v) is 6.79. The van der Waals surface area contributed by atoms with Gasteiger partial charge in [-0.1, -0.05) is 36.8 Å². The molecule has 150 valence electrons. The number of aliphatic hydroxyl groups excluding tert-OH is 1. The maximum absolute atomic E-state index is 12.6. The lowest BCUT2D eigenvalue weighted by atomic mass is 10.1. The van der Waals surface area contributed by atoms with Crippen LogP contribution in [-0.4, -0.2) is 49.5 Å². The number of benzene rings is 2. The molecule has 1 saturated heterocycles. The summed E-state index contributed by atoms with van der Waals surface area (Å²) in [6.45, 7) is 1.22. The molecular weight excluding hydrogens is 376 g/mol. The third kappa shape index (κ3) is 5.19. The molecule has 1 unspecified atom stereocenters. The molecule has 3 rings (SSSR count). The molecule has 2 aromatic rings. The predicted octanol–water partition coefficient (Wildman–Crippen LogP) is 2.19. The average Bonchev–Trinajstić information content (AvgIpc) is 2.73. The first-order valence-electron chi connectivity index (χ1n) is 9.57. The van der Waals surface area contributed by atoms with E-state index in [0.717, 1.165) is 24.8 Å². The largest absolute Gasteiger partial charge is 0.391 e. The lowest BCUT2D eigenvalue weighted by Gasteiger charge is -2.25. The van der Waals surface area contributed by atoms with Crippen LogP contribution in [0.4, 0.5) is 0 Å². The Morgan fingerprint density at radius 1 is 1.00 bits per heavy atom. The molecule has 0 aliphatic carbocycles. The number of hydrogen-bond donors (Lipinski definition) is 2. The Morgan fingerprint density at radius 3 is 2.29 bits per heavy atom.